The fraction of sp³-hybridized carbons (Fsp3) is 1.00. The van der Waals surface area contributed by atoms with Crippen molar-refractivity contribution in [1.29, 1.82) is 0 Å². The van der Waals surface area contributed by atoms with E-state index in [1.54, 1.807) is 0 Å². The molecule has 0 aromatic carbocycles. The van der Waals surface area contributed by atoms with Crippen molar-refractivity contribution in [3.8, 4) is 0 Å². The van der Waals surface area contributed by atoms with Crippen molar-refractivity contribution in [3.05, 3.63) is 0 Å². The Labute approximate surface area is 116 Å². The Hall–Kier alpha value is 0.310. The van der Waals surface area contributed by atoms with Crippen molar-refractivity contribution < 1.29 is 26.3 Å². The molecule has 0 aromatic rings. The number of rotatable bonds is 3. The van der Waals surface area contributed by atoms with Crippen molar-refractivity contribution in [2.75, 3.05) is 0 Å². The van der Waals surface area contributed by atoms with E-state index >= 15 is 0 Å². The highest BCUT2D eigenvalue weighted by atomic mass is 127. The molecule has 1 aliphatic carbocycles. The van der Waals surface area contributed by atoms with Gasteiger partial charge in [-0.1, -0.05) is 22.6 Å². The van der Waals surface area contributed by atoms with Gasteiger partial charge in [-0.15, -0.1) is 0 Å². The van der Waals surface area contributed by atoms with Crippen molar-refractivity contribution in [1.82, 2.24) is 0 Å². The number of halogens is 7. The Morgan fingerprint density at radius 3 is 1.72 bits per heavy atom. The average Bonchev–Trinajstić information content (AvgIpc) is 2.17. The summed E-state index contributed by atoms with van der Waals surface area (Å²) >= 11 is 2.27. The Morgan fingerprint density at radius 1 is 0.889 bits per heavy atom. The van der Waals surface area contributed by atoms with E-state index in [4.69, 9.17) is 0 Å². The molecule has 0 aromatic heterocycles. The quantitative estimate of drug-likeness (QED) is 0.340. The minimum atomic E-state index is -5.18. The van der Waals surface area contributed by atoms with E-state index in [0.717, 1.165) is 25.7 Å². The summed E-state index contributed by atoms with van der Waals surface area (Å²) in [6, 6.07) is 0. The van der Waals surface area contributed by atoms with Gasteiger partial charge < -0.3 is 0 Å². The van der Waals surface area contributed by atoms with E-state index in [-0.39, 0.29) is 12.3 Å². The molecule has 18 heavy (non-hydrogen) atoms. The first-order chi connectivity index (χ1) is 8.10. The summed E-state index contributed by atoms with van der Waals surface area (Å²) in [7, 11) is 0. The van der Waals surface area contributed by atoms with Crippen LogP contribution in [0, 0.1) is 11.8 Å². The fourth-order valence-electron chi connectivity index (χ4n) is 2.33. The summed E-state index contributed by atoms with van der Waals surface area (Å²) in [5, 5.41) is 0. The lowest BCUT2D eigenvalue weighted by Gasteiger charge is -2.28. The molecule has 0 bridgehead atoms. The molecule has 0 N–H and O–H groups in total. The number of alkyl halides is 7. The summed E-state index contributed by atoms with van der Waals surface area (Å²) in [5.41, 5.74) is 0. The van der Waals surface area contributed by atoms with Gasteiger partial charge in [0.05, 0.1) is 0 Å². The molecule has 0 radical (unpaired) electrons. The first-order valence-corrected chi connectivity index (χ1v) is 7.12. The van der Waals surface area contributed by atoms with Crippen LogP contribution in [-0.2, 0) is 0 Å². The zero-order valence-corrected chi connectivity index (χ0v) is 11.8. The molecule has 1 aliphatic rings. The van der Waals surface area contributed by atoms with E-state index < -0.39 is 24.7 Å². The lowest BCUT2D eigenvalue weighted by molar-refractivity contribution is -0.286. The molecule has 0 unspecified atom stereocenters. The van der Waals surface area contributed by atoms with E-state index in [1.807, 2.05) is 0 Å². The Morgan fingerprint density at radius 2 is 1.33 bits per heavy atom. The third kappa shape index (κ3) is 5.13. The minimum absolute atomic E-state index is 0.0169. The van der Waals surface area contributed by atoms with Gasteiger partial charge >= 0.3 is 12.4 Å². The Kier molecular flexibility index (Phi) is 5.61. The maximum Gasteiger partial charge on any atom is 0.400 e. The normalized spacial score (nSPS) is 26.7. The van der Waals surface area contributed by atoms with Gasteiger partial charge in [0.2, 0.25) is 0 Å². The summed E-state index contributed by atoms with van der Waals surface area (Å²) in [6.45, 7) is 0. The summed E-state index contributed by atoms with van der Waals surface area (Å²) in [5.74, 6) is -3.15. The maximum absolute atomic E-state index is 12.3. The summed E-state index contributed by atoms with van der Waals surface area (Å²) in [4.78, 5) is 0. The summed E-state index contributed by atoms with van der Waals surface area (Å²) in [6.07, 6.45) is -7.89. The fourth-order valence-corrected chi connectivity index (χ4v) is 3.04. The monoisotopic (exact) mass is 388 g/mol. The smallest absolute Gasteiger partial charge is 0.170 e. The largest absolute Gasteiger partial charge is 0.400 e. The zero-order valence-electron chi connectivity index (χ0n) is 9.62. The summed E-state index contributed by atoms with van der Waals surface area (Å²) < 4.78 is 74.4. The third-order valence-electron chi connectivity index (χ3n) is 3.43. The van der Waals surface area contributed by atoms with Crippen molar-refractivity contribution in [2.45, 2.75) is 54.8 Å². The van der Waals surface area contributed by atoms with Gasteiger partial charge in [0.15, 0.2) is 5.92 Å². The van der Waals surface area contributed by atoms with Gasteiger partial charge in [0.25, 0.3) is 0 Å². The van der Waals surface area contributed by atoms with Crippen LogP contribution < -0.4 is 0 Å². The van der Waals surface area contributed by atoms with Crippen LogP contribution in [0.1, 0.15) is 38.5 Å². The van der Waals surface area contributed by atoms with Crippen LogP contribution in [-0.4, -0.2) is 16.3 Å². The first kappa shape index (κ1) is 16.4. The lowest BCUT2D eigenvalue weighted by Crippen LogP contribution is -2.36. The van der Waals surface area contributed by atoms with Crippen LogP contribution in [0.2, 0.25) is 0 Å². The molecule has 0 aliphatic heterocycles. The van der Waals surface area contributed by atoms with Crippen LogP contribution in [0.4, 0.5) is 26.3 Å². The standard InChI is InChI=1S/C11H15F6I/c12-10(13,14)9(11(15,16)17)6-3-7-1-4-8(18)5-2-7/h7-9H,1-6H2. The van der Waals surface area contributed by atoms with Gasteiger partial charge in [-0.25, -0.2) is 0 Å². The van der Waals surface area contributed by atoms with Crippen LogP contribution in [0.5, 0.6) is 0 Å². The second-order valence-electron chi connectivity index (χ2n) is 4.83. The lowest BCUT2D eigenvalue weighted by atomic mass is 9.84. The molecule has 0 atom stereocenters. The van der Waals surface area contributed by atoms with E-state index in [2.05, 4.69) is 22.6 Å². The van der Waals surface area contributed by atoms with Crippen LogP contribution >= 0.6 is 22.6 Å². The molecular weight excluding hydrogens is 373 g/mol. The van der Waals surface area contributed by atoms with Crippen molar-refractivity contribution in [3.63, 3.8) is 0 Å². The molecule has 0 amide bonds. The highest BCUT2D eigenvalue weighted by Gasteiger charge is 2.55. The highest BCUT2D eigenvalue weighted by molar-refractivity contribution is 14.1. The number of hydrogen-bond acceptors (Lipinski definition) is 0. The Bertz CT molecular complexity index is 237. The van der Waals surface area contributed by atoms with Crippen LogP contribution in [0.3, 0.4) is 0 Å². The van der Waals surface area contributed by atoms with E-state index in [1.165, 1.54) is 0 Å². The molecule has 1 saturated carbocycles. The maximum atomic E-state index is 12.3. The van der Waals surface area contributed by atoms with E-state index in [0.29, 0.717) is 3.92 Å². The topological polar surface area (TPSA) is 0 Å². The van der Waals surface area contributed by atoms with E-state index in [9.17, 15) is 26.3 Å². The van der Waals surface area contributed by atoms with Crippen molar-refractivity contribution >= 4 is 22.6 Å². The van der Waals surface area contributed by atoms with Crippen molar-refractivity contribution in [2.24, 2.45) is 11.8 Å². The van der Waals surface area contributed by atoms with Gasteiger partial charge in [0.1, 0.15) is 0 Å². The first-order valence-electron chi connectivity index (χ1n) is 5.88. The molecule has 0 spiro atoms. The molecule has 0 heterocycles. The predicted octanol–water partition coefficient (Wildman–Crippen LogP) is 5.50. The molecule has 0 nitrogen and oxygen atoms in total. The highest BCUT2D eigenvalue weighted by Crippen LogP contribution is 2.43. The average molecular weight is 388 g/mol. The van der Waals surface area contributed by atoms with Crippen LogP contribution in [0.25, 0.3) is 0 Å². The molecule has 1 fully saturated rings. The molecule has 1 rings (SSSR count). The molecule has 7 heteroatoms. The van der Waals surface area contributed by atoms with Gasteiger partial charge in [-0.05, 0) is 44.4 Å². The predicted molar refractivity (Wildman–Crippen MR) is 64.6 cm³/mol. The molecular formula is C11H15F6I. The van der Waals surface area contributed by atoms with Gasteiger partial charge in [-0.2, -0.15) is 26.3 Å². The molecule has 0 saturated heterocycles. The minimum Gasteiger partial charge on any atom is -0.170 e. The number of hydrogen-bond donors (Lipinski definition) is 0. The Balaban J connectivity index is 2.48. The van der Waals surface area contributed by atoms with Gasteiger partial charge in [0, 0.05) is 3.92 Å². The zero-order chi connectivity index (χ0) is 14.0. The molecule has 108 valence electrons. The third-order valence-corrected chi connectivity index (χ3v) is 4.68. The van der Waals surface area contributed by atoms with Gasteiger partial charge in [-0.3, -0.25) is 0 Å². The second-order valence-corrected chi connectivity index (χ2v) is 6.59. The van der Waals surface area contributed by atoms with Crippen LogP contribution in [0.15, 0.2) is 0 Å². The second kappa shape index (κ2) is 6.17. The SMILES string of the molecule is FC(F)(F)C(CCC1CCC(I)CC1)C(F)(F)F.